The summed E-state index contributed by atoms with van der Waals surface area (Å²) in [6.07, 6.45) is 2.94. The third-order valence-corrected chi connectivity index (χ3v) is 4.90. The van der Waals surface area contributed by atoms with Crippen LogP contribution in [0.25, 0.3) is 0 Å². The van der Waals surface area contributed by atoms with E-state index in [1.54, 1.807) is 12.1 Å². The second-order valence-corrected chi connectivity index (χ2v) is 7.49. The zero-order chi connectivity index (χ0) is 15.4. The van der Waals surface area contributed by atoms with Gasteiger partial charge in [-0.2, -0.15) is 0 Å². The van der Waals surface area contributed by atoms with Gasteiger partial charge in [-0.1, -0.05) is 30.3 Å². The highest BCUT2D eigenvalue weighted by Gasteiger charge is 2.20. The molecule has 1 aliphatic carbocycles. The van der Waals surface area contributed by atoms with E-state index < -0.39 is 10.0 Å². The molecule has 0 bridgehead atoms. The first-order valence-electron chi connectivity index (χ1n) is 7.52. The Labute approximate surface area is 131 Å². The minimum Gasteiger partial charge on any atom is -0.382 e. The van der Waals surface area contributed by atoms with Crippen molar-refractivity contribution in [1.29, 1.82) is 0 Å². The van der Waals surface area contributed by atoms with E-state index in [1.165, 1.54) is 12.8 Å². The van der Waals surface area contributed by atoms with Crippen molar-refractivity contribution in [1.82, 2.24) is 0 Å². The maximum absolute atomic E-state index is 12.1. The first-order chi connectivity index (χ1) is 10.6. The fraction of sp³-hybridized carbons (Fsp3) is 0.294. The Morgan fingerprint density at radius 3 is 2.18 bits per heavy atom. The van der Waals surface area contributed by atoms with Crippen molar-refractivity contribution in [3.63, 3.8) is 0 Å². The number of aryl methyl sites for hydroxylation is 1. The molecule has 2 aromatic rings. The predicted octanol–water partition coefficient (Wildman–Crippen LogP) is 3.25. The van der Waals surface area contributed by atoms with E-state index >= 15 is 0 Å². The van der Waals surface area contributed by atoms with Gasteiger partial charge in [-0.3, -0.25) is 4.72 Å². The molecule has 1 fully saturated rings. The molecule has 1 saturated carbocycles. The van der Waals surface area contributed by atoms with E-state index in [-0.39, 0.29) is 5.75 Å². The van der Waals surface area contributed by atoms with Crippen LogP contribution >= 0.6 is 0 Å². The molecule has 3 rings (SSSR count). The number of hydrogen-bond donors (Lipinski definition) is 2. The van der Waals surface area contributed by atoms with Crippen molar-refractivity contribution in [2.45, 2.75) is 25.3 Å². The van der Waals surface area contributed by atoms with E-state index in [9.17, 15) is 8.42 Å². The second kappa shape index (κ2) is 6.40. The highest BCUT2D eigenvalue weighted by Crippen LogP contribution is 2.25. The Morgan fingerprint density at radius 2 is 1.55 bits per heavy atom. The number of nitrogens with one attached hydrogen (secondary N) is 2. The van der Waals surface area contributed by atoms with Crippen molar-refractivity contribution in [2.75, 3.05) is 15.8 Å². The molecule has 0 unspecified atom stereocenters. The average Bonchev–Trinajstić information content (AvgIpc) is 3.32. The van der Waals surface area contributed by atoms with Crippen LogP contribution < -0.4 is 10.0 Å². The van der Waals surface area contributed by atoms with Gasteiger partial charge in [0.2, 0.25) is 10.0 Å². The number of hydrogen-bond acceptors (Lipinski definition) is 3. The lowest BCUT2D eigenvalue weighted by atomic mass is 10.2. The molecule has 1 aliphatic rings. The van der Waals surface area contributed by atoms with Gasteiger partial charge in [0, 0.05) is 17.4 Å². The van der Waals surface area contributed by atoms with E-state index in [2.05, 4.69) is 10.0 Å². The van der Waals surface area contributed by atoms with Gasteiger partial charge in [0.1, 0.15) is 0 Å². The minimum absolute atomic E-state index is 0.0824. The molecular weight excluding hydrogens is 296 g/mol. The Morgan fingerprint density at radius 1 is 0.909 bits per heavy atom. The molecule has 2 N–H and O–H groups in total. The van der Waals surface area contributed by atoms with Crippen molar-refractivity contribution in [3.8, 4) is 0 Å². The van der Waals surface area contributed by atoms with E-state index in [0.717, 1.165) is 11.3 Å². The normalized spacial score (nSPS) is 14.5. The third-order valence-electron chi connectivity index (χ3n) is 3.61. The number of rotatable bonds is 7. The first-order valence-corrected chi connectivity index (χ1v) is 9.17. The Kier molecular flexibility index (Phi) is 4.34. The molecule has 0 spiro atoms. The Balaban J connectivity index is 1.56. The molecule has 0 radical (unpaired) electrons. The lowest BCUT2D eigenvalue weighted by Gasteiger charge is -2.09. The van der Waals surface area contributed by atoms with Crippen molar-refractivity contribution in [2.24, 2.45) is 0 Å². The minimum atomic E-state index is -3.33. The third kappa shape index (κ3) is 4.49. The van der Waals surface area contributed by atoms with E-state index in [0.29, 0.717) is 18.2 Å². The zero-order valence-electron chi connectivity index (χ0n) is 12.3. The molecule has 4 nitrogen and oxygen atoms in total. The van der Waals surface area contributed by atoms with Gasteiger partial charge >= 0.3 is 0 Å². The van der Waals surface area contributed by atoms with Gasteiger partial charge in [0.25, 0.3) is 0 Å². The summed E-state index contributed by atoms with van der Waals surface area (Å²) in [5.74, 6) is 0.0824. The van der Waals surface area contributed by atoms with Crippen molar-refractivity contribution >= 4 is 21.4 Å². The van der Waals surface area contributed by atoms with Crippen LogP contribution in [0.1, 0.15) is 18.4 Å². The fourth-order valence-corrected chi connectivity index (χ4v) is 3.33. The molecule has 22 heavy (non-hydrogen) atoms. The molecule has 2 aromatic carbocycles. The highest BCUT2D eigenvalue weighted by molar-refractivity contribution is 7.92. The predicted molar refractivity (Wildman–Crippen MR) is 90.6 cm³/mol. The average molecular weight is 316 g/mol. The van der Waals surface area contributed by atoms with Gasteiger partial charge in [0.15, 0.2) is 0 Å². The van der Waals surface area contributed by atoms with Crippen LogP contribution in [0.15, 0.2) is 54.6 Å². The SMILES string of the molecule is O=S(=O)(CCc1ccccc1)Nc1ccc(NC2CC2)cc1. The molecule has 5 heteroatoms. The number of anilines is 2. The lowest BCUT2D eigenvalue weighted by Crippen LogP contribution is -2.18. The standard InChI is InChI=1S/C17H20N2O2S/c20-22(21,13-12-14-4-2-1-3-5-14)19-17-10-8-16(9-11-17)18-15-6-7-15/h1-5,8-11,15,18-19H,6-7,12-13H2. The van der Waals surface area contributed by atoms with E-state index in [4.69, 9.17) is 0 Å². The van der Waals surface area contributed by atoms with Gasteiger partial charge in [-0.25, -0.2) is 8.42 Å². The van der Waals surface area contributed by atoms with Gasteiger partial charge in [-0.15, -0.1) is 0 Å². The molecule has 0 saturated heterocycles. The Hall–Kier alpha value is -2.01. The summed E-state index contributed by atoms with van der Waals surface area (Å²) in [6, 6.07) is 17.6. The van der Waals surface area contributed by atoms with E-state index in [1.807, 2.05) is 42.5 Å². The van der Waals surface area contributed by atoms with Crippen LogP contribution in [0.2, 0.25) is 0 Å². The monoisotopic (exact) mass is 316 g/mol. The molecule has 0 atom stereocenters. The smallest absolute Gasteiger partial charge is 0.233 e. The molecule has 0 aliphatic heterocycles. The summed E-state index contributed by atoms with van der Waals surface area (Å²) >= 11 is 0. The van der Waals surface area contributed by atoms with Gasteiger partial charge in [-0.05, 0) is 49.1 Å². The molecule has 116 valence electrons. The summed E-state index contributed by atoms with van der Waals surface area (Å²) < 4.78 is 26.9. The summed E-state index contributed by atoms with van der Waals surface area (Å²) in [5, 5.41) is 3.38. The maximum Gasteiger partial charge on any atom is 0.233 e. The summed E-state index contributed by atoms with van der Waals surface area (Å²) in [6.45, 7) is 0. The van der Waals surface area contributed by atoms with Crippen LogP contribution in [0, 0.1) is 0 Å². The molecular formula is C17H20N2O2S. The molecule has 0 aromatic heterocycles. The first kappa shape index (κ1) is 14.9. The Bertz CT molecular complexity index is 708. The molecule has 0 amide bonds. The van der Waals surface area contributed by atoms with Crippen LogP contribution in [0.5, 0.6) is 0 Å². The largest absolute Gasteiger partial charge is 0.382 e. The number of sulfonamides is 1. The van der Waals surface area contributed by atoms with Gasteiger partial charge < -0.3 is 5.32 Å². The van der Waals surface area contributed by atoms with Crippen molar-refractivity contribution in [3.05, 3.63) is 60.2 Å². The highest BCUT2D eigenvalue weighted by atomic mass is 32.2. The quantitative estimate of drug-likeness (QED) is 0.824. The molecule has 0 heterocycles. The van der Waals surface area contributed by atoms with Crippen LogP contribution in [0.4, 0.5) is 11.4 Å². The second-order valence-electron chi connectivity index (χ2n) is 5.65. The topological polar surface area (TPSA) is 58.2 Å². The van der Waals surface area contributed by atoms with Crippen LogP contribution in [-0.4, -0.2) is 20.2 Å². The van der Waals surface area contributed by atoms with Crippen molar-refractivity contribution < 1.29 is 8.42 Å². The zero-order valence-corrected chi connectivity index (χ0v) is 13.1. The number of benzene rings is 2. The van der Waals surface area contributed by atoms with Crippen LogP contribution in [0.3, 0.4) is 0 Å². The summed E-state index contributed by atoms with van der Waals surface area (Å²) in [5.41, 5.74) is 2.67. The lowest BCUT2D eigenvalue weighted by molar-refractivity contribution is 0.600. The summed E-state index contributed by atoms with van der Waals surface area (Å²) in [4.78, 5) is 0. The summed E-state index contributed by atoms with van der Waals surface area (Å²) in [7, 11) is -3.33. The van der Waals surface area contributed by atoms with Crippen LogP contribution in [-0.2, 0) is 16.4 Å². The fourth-order valence-electron chi connectivity index (χ4n) is 2.23. The maximum atomic E-state index is 12.1. The van der Waals surface area contributed by atoms with Gasteiger partial charge in [0.05, 0.1) is 5.75 Å².